The molecule has 0 aliphatic carbocycles. The number of rotatable bonds is 4. The molecule has 2 aromatic rings. The summed E-state index contributed by atoms with van der Waals surface area (Å²) in [6.07, 6.45) is 0. The van der Waals surface area contributed by atoms with Gasteiger partial charge >= 0.3 is 0 Å². The first-order valence-electron chi connectivity index (χ1n) is 7.74. The number of aliphatic hydroxyl groups is 2. The minimum atomic E-state index is -0.747. The molecule has 1 saturated heterocycles. The van der Waals surface area contributed by atoms with E-state index in [1.807, 2.05) is 6.07 Å². The number of hydrogen-bond acceptors (Lipinski definition) is 4. The second kappa shape index (κ2) is 7.21. The van der Waals surface area contributed by atoms with Crippen molar-refractivity contribution in [3.05, 3.63) is 75.8 Å². The average Bonchev–Trinajstić information content (AvgIpc) is 2.88. The lowest BCUT2D eigenvalue weighted by atomic mass is 9.95. The lowest BCUT2D eigenvalue weighted by Crippen LogP contribution is -2.32. The Morgan fingerprint density at radius 1 is 1.04 bits per heavy atom. The zero-order chi connectivity index (χ0) is 18.0. The molecule has 2 aromatic carbocycles. The summed E-state index contributed by atoms with van der Waals surface area (Å²) in [5, 5.41) is 20.0. The van der Waals surface area contributed by atoms with Crippen LogP contribution < -0.4 is 0 Å². The maximum Gasteiger partial charge on any atom is 0.295 e. The van der Waals surface area contributed by atoms with Crippen molar-refractivity contribution in [2.24, 2.45) is 0 Å². The summed E-state index contributed by atoms with van der Waals surface area (Å²) >= 11 is 3.32. The number of amides is 1. The van der Waals surface area contributed by atoms with Gasteiger partial charge in [0.05, 0.1) is 18.2 Å². The highest BCUT2D eigenvalue weighted by Gasteiger charge is 2.45. The first-order valence-corrected chi connectivity index (χ1v) is 8.54. The smallest absolute Gasteiger partial charge is 0.295 e. The fraction of sp³-hybridized carbons (Fsp3) is 0.158. The van der Waals surface area contributed by atoms with E-state index in [4.69, 9.17) is 0 Å². The topological polar surface area (TPSA) is 77.8 Å². The Hall–Kier alpha value is -2.44. The van der Waals surface area contributed by atoms with E-state index in [1.165, 1.54) is 4.90 Å². The van der Waals surface area contributed by atoms with Gasteiger partial charge in [0.1, 0.15) is 5.76 Å². The average molecular weight is 402 g/mol. The highest BCUT2D eigenvalue weighted by Crippen LogP contribution is 2.39. The first-order chi connectivity index (χ1) is 12.0. The van der Waals surface area contributed by atoms with E-state index in [1.54, 1.807) is 48.5 Å². The number of benzene rings is 2. The SMILES string of the molecule is O=C1C(=O)N(CCO)[C@@H](c2ccccc2)C1=C(O)c1ccc(Br)cc1. The lowest BCUT2D eigenvalue weighted by molar-refractivity contribution is -0.140. The molecule has 3 rings (SSSR count). The molecule has 1 atom stereocenters. The fourth-order valence-corrected chi connectivity index (χ4v) is 3.23. The molecule has 0 aromatic heterocycles. The summed E-state index contributed by atoms with van der Waals surface area (Å²) < 4.78 is 0.837. The molecule has 1 heterocycles. The third-order valence-electron chi connectivity index (χ3n) is 4.11. The van der Waals surface area contributed by atoms with Crippen molar-refractivity contribution in [3.8, 4) is 0 Å². The summed E-state index contributed by atoms with van der Waals surface area (Å²) in [5.74, 6) is -1.69. The first kappa shape index (κ1) is 17.4. The van der Waals surface area contributed by atoms with E-state index in [0.29, 0.717) is 11.1 Å². The van der Waals surface area contributed by atoms with Crippen LogP contribution in [0.2, 0.25) is 0 Å². The maximum absolute atomic E-state index is 12.6. The number of carbonyl (C=O) groups excluding carboxylic acids is 2. The molecule has 0 saturated carbocycles. The largest absolute Gasteiger partial charge is 0.507 e. The number of Topliss-reactive ketones (excluding diaryl/α,β-unsaturated/α-hetero) is 1. The van der Waals surface area contributed by atoms with Crippen LogP contribution in [0.3, 0.4) is 0 Å². The molecule has 1 fully saturated rings. The predicted molar refractivity (Wildman–Crippen MR) is 96.7 cm³/mol. The van der Waals surface area contributed by atoms with Gasteiger partial charge in [-0.25, -0.2) is 0 Å². The molecule has 6 heteroatoms. The summed E-state index contributed by atoms with van der Waals surface area (Å²) in [6, 6.07) is 15.1. The summed E-state index contributed by atoms with van der Waals surface area (Å²) in [7, 11) is 0. The van der Waals surface area contributed by atoms with Gasteiger partial charge in [0.2, 0.25) is 0 Å². The number of aliphatic hydroxyl groups excluding tert-OH is 2. The van der Waals surface area contributed by atoms with E-state index in [0.717, 1.165) is 4.47 Å². The molecule has 1 aliphatic heterocycles. The van der Waals surface area contributed by atoms with Crippen LogP contribution in [0.15, 0.2) is 64.6 Å². The van der Waals surface area contributed by atoms with Gasteiger partial charge in [-0.2, -0.15) is 0 Å². The number of likely N-dealkylation sites (tertiary alicyclic amines) is 1. The molecule has 0 spiro atoms. The van der Waals surface area contributed by atoms with Crippen LogP contribution in [0.25, 0.3) is 5.76 Å². The van der Waals surface area contributed by atoms with Crippen molar-refractivity contribution in [2.45, 2.75) is 6.04 Å². The monoisotopic (exact) mass is 401 g/mol. The quantitative estimate of drug-likeness (QED) is 0.469. The Kier molecular flexibility index (Phi) is 5.01. The van der Waals surface area contributed by atoms with Crippen LogP contribution in [0.1, 0.15) is 17.2 Å². The van der Waals surface area contributed by atoms with Crippen LogP contribution in [0, 0.1) is 0 Å². The van der Waals surface area contributed by atoms with Gasteiger partial charge in [-0.05, 0) is 17.7 Å². The Bertz CT molecular complexity index is 830. The molecule has 5 nitrogen and oxygen atoms in total. The minimum absolute atomic E-state index is 0.0151. The van der Waals surface area contributed by atoms with E-state index in [2.05, 4.69) is 15.9 Å². The van der Waals surface area contributed by atoms with Crippen molar-refractivity contribution in [1.29, 1.82) is 0 Å². The molecule has 0 unspecified atom stereocenters. The van der Waals surface area contributed by atoms with E-state index < -0.39 is 17.7 Å². The summed E-state index contributed by atoms with van der Waals surface area (Å²) in [4.78, 5) is 26.2. The normalized spacial score (nSPS) is 19.4. The molecule has 25 heavy (non-hydrogen) atoms. The van der Waals surface area contributed by atoms with Crippen LogP contribution in [0.5, 0.6) is 0 Å². The van der Waals surface area contributed by atoms with Gasteiger partial charge in [-0.3, -0.25) is 9.59 Å². The molecule has 1 aliphatic rings. The number of nitrogens with zero attached hydrogens (tertiary/aromatic N) is 1. The molecule has 1 amide bonds. The Morgan fingerprint density at radius 2 is 1.68 bits per heavy atom. The summed E-state index contributed by atoms with van der Waals surface area (Å²) in [6.45, 7) is -0.254. The second-order valence-corrected chi connectivity index (χ2v) is 6.55. The van der Waals surface area contributed by atoms with Crippen molar-refractivity contribution < 1.29 is 19.8 Å². The van der Waals surface area contributed by atoms with E-state index in [9.17, 15) is 19.8 Å². The van der Waals surface area contributed by atoms with Crippen molar-refractivity contribution in [1.82, 2.24) is 4.90 Å². The van der Waals surface area contributed by atoms with Gasteiger partial charge in [0.25, 0.3) is 11.7 Å². The molecule has 0 radical (unpaired) electrons. The van der Waals surface area contributed by atoms with Gasteiger partial charge in [-0.1, -0.05) is 58.4 Å². The highest BCUT2D eigenvalue weighted by atomic mass is 79.9. The van der Waals surface area contributed by atoms with E-state index in [-0.39, 0.29) is 24.5 Å². The molecule has 2 N–H and O–H groups in total. The fourth-order valence-electron chi connectivity index (χ4n) is 2.96. The molecule has 128 valence electrons. The number of halogens is 1. The van der Waals surface area contributed by atoms with Gasteiger partial charge in [-0.15, -0.1) is 0 Å². The minimum Gasteiger partial charge on any atom is -0.507 e. The van der Waals surface area contributed by atoms with Gasteiger partial charge < -0.3 is 15.1 Å². The van der Waals surface area contributed by atoms with Crippen molar-refractivity contribution in [2.75, 3.05) is 13.2 Å². The molecular weight excluding hydrogens is 386 g/mol. The third-order valence-corrected chi connectivity index (χ3v) is 4.64. The van der Waals surface area contributed by atoms with Crippen molar-refractivity contribution >= 4 is 33.4 Å². The van der Waals surface area contributed by atoms with Gasteiger partial charge in [0, 0.05) is 16.6 Å². The predicted octanol–water partition coefficient (Wildman–Crippen LogP) is 2.86. The number of carbonyl (C=O) groups is 2. The lowest BCUT2D eigenvalue weighted by Gasteiger charge is -2.24. The zero-order valence-corrected chi connectivity index (χ0v) is 14.8. The van der Waals surface area contributed by atoms with Crippen LogP contribution in [0.4, 0.5) is 0 Å². The van der Waals surface area contributed by atoms with Crippen LogP contribution >= 0.6 is 15.9 Å². The van der Waals surface area contributed by atoms with Gasteiger partial charge in [0.15, 0.2) is 0 Å². The van der Waals surface area contributed by atoms with Crippen molar-refractivity contribution in [3.63, 3.8) is 0 Å². The number of ketones is 1. The van der Waals surface area contributed by atoms with E-state index >= 15 is 0 Å². The molecular formula is C19H16BrNO4. The standard InChI is InChI=1S/C19H16BrNO4/c20-14-8-6-13(7-9-14)17(23)15-16(12-4-2-1-3-5-12)21(10-11-22)19(25)18(15)24/h1-9,16,22-23H,10-11H2/t16-/m0/s1. The highest BCUT2D eigenvalue weighted by molar-refractivity contribution is 9.10. The third kappa shape index (κ3) is 3.23. The van der Waals surface area contributed by atoms with Crippen LogP contribution in [-0.4, -0.2) is 40.0 Å². The number of β-amino-alcohol motifs (C(OH)–C–C–N with tert-alkyl or cyclic N) is 1. The zero-order valence-electron chi connectivity index (χ0n) is 13.2. The Balaban J connectivity index is 2.17. The van der Waals surface area contributed by atoms with Crippen LogP contribution in [-0.2, 0) is 9.59 Å². The Labute approximate surface area is 153 Å². The number of hydrogen-bond donors (Lipinski definition) is 2. The molecule has 0 bridgehead atoms. The summed E-state index contributed by atoms with van der Waals surface area (Å²) in [5.41, 5.74) is 1.19. The second-order valence-electron chi connectivity index (χ2n) is 5.63. The maximum atomic E-state index is 12.6. The Morgan fingerprint density at radius 3 is 2.28 bits per heavy atom.